The normalized spacial score (nSPS) is 14.4. The molecule has 1 unspecified atom stereocenters. The molecule has 0 saturated heterocycles. The number of rotatable bonds is 8. The lowest BCUT2D eigenvalue weighted by molar-refractivity contribution is 0.0546. The average Bonchev–Trinajstić information content (AvgIpc) is 3.32. The SMILES string of the molecule is Fc1c(Cl)ccc(-n2cnnn2)c1-c1ccc(C(CC2CC2)n2cc(-c3cn(C(F)F)nn3)cn2)nc1. The summed E-state index contributed by atoms with van der Waals surface area (Å²) < 4.78 is 44.5. The monoisotopic (exact) mass is 526 g/mol. The molecule has 1 fully saturated rings. The number of hydrogen-bond acceptors (Lipinski definition) is 7. The van der Waals surface area contributed by atoms with Crippen molar-refractivity contribution in [1.29, 1.82) is 0 Å². The zero-order valence-electron chi connectivity index (χ0n) is 19.0. The molecule has 0 N–H and O–H groups in total. The third kappa shape index (κ3) is 4.57. The first kappa shape index (κ1) is 23.3. The highest BCUT2D eigenvalue weighted by atomic mass is 35.5. The highest BCUT2D eigenvalue weighted by molar-refractivity contribution is 6.31. The van der Waals surface area contributed by atoms with Gasteiger partial charge in [0, 0.05) is 29.1 Å². The second-order valence-electron chi connectivity index (χ2n) is 8.75. The standard InChI is InChI=1S/C23H18ClF3N10/c24-16-4-6-19(37-12-29-32-34-37)21(22(16)25)14-3-5-17(28-8-14)20(7-13-1-2-13)35-10-15(9-30-35)18-11-36(23(26)27)33-31-18/h3-6,8-13,20,23H,1-2,7H2. The van der Waals surface area contributed by atoms with Crippen LogP contribution in [-0.2, 0) is 0 Å². The topological polar surface area (TPSA) is 105 Å². The molecule has 188 valence electrons. The fourth-order valence-corrected chi connectivity index (χ4v) is 4.36. The number of benzene rings is 1. The fourth-order valence-electron chi connectivity index (χ4n) is 4.21. The Hall–Kier alpha value is -4.13. The third-order valence-electron chi connectivity index (χ3n) is 6.27. The quantitative estimate of drug-likeness (QED) is 0.287. The van der Waals surface area contributed by atoms with Crippen molar-refractivity contribution in [3.8, 4) is 28.1 Å². The summed E-state index contributed by atoms with van der Waals surface area (Å²) in [5, 5.41) is 22.8. The first-order valence-corrected chi connectivity index (χ1v) is 11.8. The minimum Gasteiger partial charge on any atom is -0.263 e. The molecule has 5 aromatic rings. The van der Waals surface area contributed by atoms with Gasteiger partial charge in [-0.15, -0.1) is 10.2 Å². The second kappa shape index (κ2) is 9.39. The van der Waals surface area contributed by atoms with Crippen LogP contribution in [0.4, 0.5) is 13.2 Å². The third-order valence-corrected chi connectivity index (χ3v) is 6.56. The van der Waals surface area contributed by atoms with Crippen LogP contribution in [0.1, 0.15) is 37.5 Å². The van der Waals surface area contributed by atoms with E-state index in [1.807, 2.05) is 6.07 Å². The Morgan fingerprint density at radius 1 is 1.00 bits per heavy atom. The van der Waals surface area contributed by atoms with Crippen molar-refractivity contribution in [2.24, 2.45) is 5.92 Å². The molecule has 0 bridgehead atoms. The van der Waals surface area contributed by atoms with Crippen LogP contribution in [-0.4, -0.2) is 50.0 Å². The lowest BCUT2D eigenvalue weighted by Gasteiger charge is -2.18. The van der Waals surface area contributed by atoms with Gasteiger partial charge in [0.05, 0.1) is 34.8 Å². The Morgan fingerprint density at radius 2 is 1.86 bits per heavy atom. The molecule has 0 amide bonds. The Morgan fingerprint density at radius 3 is 2.54 bits per heavy atom. The van der Waals surface area contributed by atoms with Crippen molar-refractivity contribution in [2.75, 3.05) is 0 Å². The average molecular weight is 527 g/mol. The van der Waals surface area contributed by atoms with Gasteiger partial charge in [-0.05, 0) is 41.0 Å². The van der Waals surface area contributed by atoms with E-state index in [1.165, 1.54) is 23.3 Å². The number of halogens is 4. The molecule has 0 spiro atoms. The molecule has 1 aliphatic carbocycles. The smallest absolute Gasteiger partial charge is 0.263 e. The molecular weight excluding hydrogens is 509 g/mol. The van der Waals surface area contributed by atoms with Gasteiger partial charge in [0.1, 0.15) is 12.0 Å². The van der Waals surface area contributed by atoms with E-state index in [-0.39, 0.29) is 16.6 Å². The summed E-state index contributed by atoms with van der Waals surface area (Å²) in [6, 6.07) is 6.46. The van der Waals surface area contributed by atoms with Crippen LogP contribution in [0.25, 0.3) is 28.1 Å². The highest BCUT2D eigenvalue weighted by Gasteiger charge is 2.29. The molecule has 6 rings (SSSR count). The summed E-state index contributed by atoms with van der Waals surface area (Å²) in [5.41, 5.74) is 2.74. The van der Waals surface area contributed by atoms with Crippen LogP contribution in [0, 0.1) is 11.7 Å². The Kier molecular flexibility index (Phi) is 5.91. The van der Waals surface area contributed by atoms with E-state index in [2.05, 4.69) is 35.9 Å². The van der Waals surface area contributed by atoms with Crippen molar-refractivity contribution in [1.82, 2.24) is 50.0 Å². The lowest BCUT2D eigenvalue weighted by Crippen LogP contribution is -2.13. The van der Waals surface area contributed by atoms with E-state index < -0.39 is 12.4 Å². The van der Waals surface area contributed by atoms with Crippen molar-refractivity contribution >= 4 is 11.6 Å². The summed E-state index contributed by atoms with van der Waals surface area (Å²) in [6.07, 6.45) is 10.5. The first-order valence-electron chi connectivity index (χ1n) is 11.4. The van der Waals surface area contributed by atoms with E-state index in [1.54, 1.807) is 35.4 Å². The van der Waals surface area contributed by atoms with Crippen LogP contribution < -0.4 is 0 Å². The molecule has 1 aromatic carbocycles. The number of tetrazole rings is 1. The summed E-state index contributed by atoms with van der Waals surface area (Å²) in [7, 11) is 0. The second-order valence-corrected chi connectivity index (χ2v) is 9.15. The van der Waals surface area contributed by atoms with Crippen molar-refractivity contribution in [3.05, 3.63) is 71.9 Å². The molecule has 4 heterocycles. The zero-order valence-corrected chi connectivity index (χ0v) is 19.8. The van der Waals surface area contributed by atoms with Crippen LogP contribution in [0.15, 0.2) is 55.4 Å². The summed E-state index contributed by atoms with van der Waals surface area (Å²) in [6.45, 7) is -2.77. The number of pyridine rings is 1. The first-order chi connectivity index (χ1) is 18.0. The summed E-state index contributed by atoms with van der Waals surface area (Å²) in [5.74, 6) is -0.0667. The number of hydrogen-bond donors (Lipinski definition) is 0. The maximum atomic E-state index is 15.1. The molecule has 0 radical (unpaired) electrons. The van der Waals surface area contributed by atoms with E-state index >= 15 is 4.39 Å². The summed E-state index contributed by atoms with van der Waals surface area (Å²) >= 11 is 6.07. The van der Waals surface area contributed by atoms with Gasteiger partial charge >= 0.3 is 6.55 Å². The molecular formula is C23H18ClF3N10. The highest BCUT2D eigenvalue weighted by Crippen LogP contribution is 2.40. The van der Waals surface area contributed by atoms with Crippen molar-refractivity contribution in [3.63, 3.8) is 0 Å². The predicted molar refractivity (Wildman–Crippen MR) is 125 cm³/mol. The van der Waals surface area contributed by atoms with Gasteiger partial charge in [0.25, 0.3) is 0 Å². The van der Waals surface area contributed by atoms with Crippen LogP contribution >= 0.6 is 11.6 Å². The Balaban J connectivity index is 1.34. The van der Waals surface area contributed by atoms with E-state index in [0.717, 1.165) is 25.0 Å². The molecule has 37 heavy (non-hydrogen) atoms. The minimum absolute atomic E-state index is 0.0321. The van der Waals surface area contributed by atoms with E-state index in [9.17, 15) is 8.78 Å². The van der Waals surface area contributed by atoms with Crippen LogP contribution in [0.5, 0.6) is 0 Å². The Bertz CT molecular complexity index is 1530. The fraction of sp³-hybridized carbons (Fsp3) is 0.261. The van der Waals surface area contributed by atoms with E-state index in [4.69, 9.17) is 11.6 Å². The van der Waals surface area contributed by atoms with Gasteiger partial charge in [-0.25, -0.2) is 4.39 Å². The maximum Gasteiger partial charge on any atom is 0.334 e. The maximum absolute atomic E-state index is 15.1. The minimum atomic E-state index is -2.77. The van der Waals surface area contributed by atoms with Gasteiger partial charge in [-0.3, -0.25) is 9.67 Å². The molecule has 1 aliphatic rings. The number of nitrogens with zero attached hydrogens (tertiary/aromatic N) is 10. The van der Waals surface area contributed by atoms with Gasteiger partial charge in [0.2, 0.25) is 0 Å². The van der Waals surface area contributed by atoms with Gasteiger partial charge in [-0.1, -0.05) is 35.7 Å². The largest absolute Gasteiger partial charge is 0.334 e. The van der Waals surface area contributed by atoms with E-state index in [0.29, 0.717) is 33.1 Å². The predicted octanol–water partition coefficient (Wildman–Crippen LogP) is 4.76. The van der Waals surface area contributed by atoms with Crippen molar-refractivity contribution in [2.45, 2.75) is 31.9 Å². The van der Waals surface area contributed by atoms with Crippen LogP contribution in [0.3, 0.4) is 0 Å². The van der Waals surface area contributed by atoms with Crippen molar-refractivity contribution < 1.29 is 13.2 Å². The molecule has 0 aliphatic heterocycles. The molecule has 4 aromatic heterocycles. The molecule has 14 heteroatoms. The molecule has 10 nitrogen and oxygen atoms in total. The zero-order chi connectivity index (χ0) is 25.5. The lowest BCUT2D eigenvalue weighted by atomic mass is 10.0. The summed E-state index contributed by atoms with van der Waals surface area (Å²) in [4.78, 5) is 4.65. The number of aromatic nitrogens is 10. The van der Waals surface area contributed by atoms with Crippen LogP contribution in [0.2, 0.25) is 5.02 Å². The van der Waals surface area contributed by atoms with Gasteiger partial charge in [-0.2, -0.15) is 23.2 Å². The van der Waals surface area contributed by atoms with Gasteiger partial charge < -0.3 is 0 Å². The molecule has 1 saturated carbocycles. The molecule has 1 atom stereocenters. The Labute approximate surface area is 212 Å². The van der Waals surface area contributed by atoms with Gasteiger partial charge in [0.15, 0.2) is 5.82 Å². The number of alkyl halides is 2.